The molecule has 1 saturated carbocycles. The number of amides is 1. The van der Waals surface area contributed by atoms with Gasteiger partial charge in [-0.3, -0.25) is 0 Å². The van der Waals surface area contributed by atoms with Crippen LogP contribution in [0.5, 0.6) is 5.75 Å². The molecule has 0 atom stereocenters. The fourth-order valence-corrected chi connectivity index (χ4v) is 5.63. The third-order valence-corrected chi connectivity index (χ3v) is 7.52. The molecule has 2 aromatic heterocycles. The highest BCUT2D eigenvalue weighted by molar-refractivity contribution is 5.69. The number of rotatable bonds is 6. The lowest BCUT2D eigenvalue weighted by Crippen LogP contribution is -2.60. The molecule has 1 spiro atoms. The molecule has 1 aliphatic heterocycles. The molecule has 192 valence electrons. The van der Waals surface area contributed by atoms with Crippen molar-refractivity contribution < 1.29 is 19.0 Å². The summed E-state index contributed by atoms with van der Waals surface area (Å²) in [6, 6.07) is 12.1. The van der Waals surface area contributed by atoms with Crippen LogP contribution < -0.4 is 4.74 Å². The predicted octanol–water partition coefficient (Wildman–Crippen LogP) is 6.09. The van der Waals surface area contributed by atoms with Crippen molar-refractivity contribution in [3.8, 4) is 5.75 Å². The zero-order valence-corrected chi connectivity index (χ0v) is 21.8. The molecule has 1 aromatic carbocycles. The minimum absolute atomic E-state index is 0.186. The van der Waals surface area contributed by atoms with Gasteiger partial charge >= 0.3 is 6.09 Å². The summed E-state index contributed by atoms with van der Waals surface area (Å²) >= 11 is 0. The number of nitrogens with zero attached hydrogens (tertiary/aromatic N) is 3. The molecule has 3 aromatic rings. The summed E-state index contributed by atoms with van der Waals surface area (Å²) in [6.07, 6.45) is 8.26. The second-order valence-corrected chi connectivity index (χ2v) is 11.4. The van der Waals surface area contributed by atoms with Crippen LogP contribution in [0.15, 0.2) is 48.8 Å². The Morgan fingerprint density at radius 1 is 1.11 bits per heavy atom. The van der Waals surface area contributed by atoms with E-state index in [1.807, 2.05) is 79.0 Å². The molecule has 1 saturated heterocycles. The van der Waals surface area contributed by atoms with E-state index in [1.54, 1.807) is 0 Å². The van der Waals surface area contributed by atoms with E-state index in [4.69, 9.17) is 14.2 Å². The molecule has 0 bridgehead atoms. The van der Waals surface area contributed by atoms with Crippen molar-refractivity contribution in [2.45, 2.75) is 71.5 Å². The number of pyridine rings is 1. The maximum atomic E-state index is 12.4. The van der Waals surface area contributed by atoms with E-state index in [2.05, 4.69) is 12.0 Å². The second-order valence-electron chi connectivity index (χ2n) is 11.4. The van der Waals surface area contributed by atoms with E-state index in [0.717, 1.165) is 61.2 Å². The first kappa shape index (κ1) is 24.6. The summed E-state index contributed by atoms with van der Waals surface area (Å²) in [7, 11) is 0. The number of fused-ring (bicyclic) bond motifs is 1. The van der Waals surface area contributed by atoms with E-state index >= 15 is 0 Å². The fraction of sp³-hybridized carbons (Fsp3) is 0.517. The van der Waals surface area contributed by atoms with Crippen molar-refractivity contribution in [3.05, 3.63) is 65.5 Å². The van der Waals surface area contributed by atoms with E-state index < -0.39 is 5.60 Å². The van der Waals surface area contributed by atoms with Gasteiger partial charge in [-0.15, -0.1) is 0 Å². The molecule has 7 heteroatoms. The van der Waals surface area contributed by atoms with Crippen LogP contribution in [0.2, 0.25) is 0 Å². The molecule has 1 amide bonds. The summed E-state index contributed by atoms with van der Waals surface area (Å²) in [5.41, 5.74) is 4.45. The molecule has 5 rings (SSSR count). The quantitative estimate of drug-likeness (QED) is 0.308. The molecule has 0 radical (unpaired) electrons. The van der Waals surface area contributed by atoms with Gasteiger partial charge in [0.15, 0.2) is 6.79 Å². The van der Waals surface area contributed by atoms with E-state index in [1.165, 1.54) is 5.56 Å². The number of ether oxygens (including phenoxy) is 3. The summed E-state index contributed by atoms with van der Waals surface area (Å²) < 4.78 is 19.2. The number of carbonyl (C=O) groups is 1. The largest absolute Gasteiger partial charge is 0.467 e. The Bertz CT molecular complexity index is 1200. The summed E-state index contributed by atoms with van der Waals surface area (Å²) in [5.74, 6) is 1.29. The van der Waals surface area contributed by atoms with Crippen molar-refractivity contribution in [1.29, 1.82) is 0 Å². The topological polar surface area (TPSA) is 65.3 Å². The third kappa shape index (κ3) is 5.21. The summed E-state index contributed by atoms with van der Waals surface area (Å²) in [4.78, 5) is 14.2. The smallest absolute Gasteiger partial charge is 0.410 e. The Balaban J connectivity index is 1.19. The van der Waals surface area contributed by atoms with Gasteiger partial charge < -0.3 is 19.1 Å². The number of aryl methyl sites for hydroxylation is 1. The van der Waals surface area contributed by atoms with Gasteiger partial charge in [0, 0.05) is 35.8 Å². The molecule has 3 heterocycles. The molecule has 0 N–H and O–H groups in total. The van der Waals surface area contributed by atoms with E-state index in [9.17, 15) is 4.79 Å². The number of aromatic nitrogens is 2. The predicted molar refractivity (Wildman–Crippen MR) is 138 cm³/mol. The zero-order chi connectivity index (χ0) is 25.3. The molecular formula is C29H37N3O4. The Morgan fingerprint density at radius 3 is 2.53 bits per heavy atom. The molecule has 7 nitrogen and oxygen atoms in total. The van der Waals surface area contributed by atoms with Gasteiger partial charge in [0.1, 0.15) is 11.4 Å². The van der Waals surface area contributed by atoms with Crippen molar-refractivity contribution in [1.82, 2.24) is 14.5 Å². The summed E-state index contributed by atoms with van der Waals surface area (Å²) in [6.45, 7) is 10.2. The average Bonchev–Trinajstić information content (AvgIpc) is 3.26. The van der Waals surface area contributed by atoms with E-state index in [0.29, 0.717) is 12.5 Å². The highest BCUT2D eigenvalue weighted by Crippen LogP contribution is 2.49. The number of hydrogen-bond donors (Lipinski definition) is 0. The first-order chi connectivity index (χ1) is 17.2. The van der Waals surface area contributed by atoms with Crippen molar-refractivity contribution in [3.63, 3.8) is 0 Å². The molecule has 1 aliphatic carbocycles. The Hall–Kier alpha value is -3.06. The molecule has 2 aliphatic rings. The normalized spacial score (nSPS) is 17.8. The zero-order valence-electron chi connectivity index (χ0n) is 21.8. The maximum Gasteiger partial charge on any atom is 0.410 e. The van der Waals surface area contributed by atoms with Crippen LogP contribution in [0.1, 0.15) is 69.1 Å². The van der Waals surface area contributed by atoms with Gasteiger partial charge in [0.25, 0.3) is 0 Å². The standard InChI is InChI=1S/C29H37N3O4/c1-21-25(35-20-34-17-22-8-6-5-7-9-22)12-15-32-26(21)24(16-30-32)23-10-13-29(14-11-23)18-31(19-29)27(33)36-28(2,3)4/h5-9,12,15-16,23H,10-11,13-14,17-20H2,1-4H3. The van der Waals surface area contributed by atoms with Gasteiger partial charge in [-0.05, 0) is 70.9 Å². The van der Waals surface area contributed by atoms with Crippen molar-refractivity contribution >= 4 is 11.6 Å². The van der Waals surface area contributed by atoms with Crippen molar-refractivity contribution in [2.24, 2.45) is 5.41 Å². The lowest BCUT2D eigenvalue weighted by Gasteiger charge is -2.53. The Labute approximate surface area is 213 Å². The number of hydrogen-bond acceptors (Lipinski definition) is 5. The van der Waals surface area contributed by atoms with Crippen molar-refractivity contribution in [2.75, 3.05) is 19.9 Å². The van der Waals surface area contributed by atoms with Crippen LogP contribution in [-0.2, 0) is 16.1 Å². The lowest BCUT2D eigenvalue weighted by molar-refractivity contribution is -0.0505. The minimum Gasteiger partial charge on any atom is -0.467 e. The molecular weight excluding hydrogens is 454 g/mol. The van der Waals surface area contributed by atoms with Gasteiger partial charge in [-0.25, -0.2) is 9.31 Å². The maximum absolute atomic E-state index is 12.4. The first-order valence-electron chi connectivity index (χ1n) is 12.9. The first-order valence-corrected chi connectivity index (χ1v) is 12.9. The number of benzene rings is 1. The molecule has 2 fully saturated rings. The average molecular weight is 492 g/mol. The van der Waals surface area contributed by atoms with Crippen LogP contribution in [0.25, 0.3) is 5.52 Å². The monoisotopic (exact) mass is 491 g/mol. The van der Waals surface area contributed by atoms with Gasteiger partial charge in [0.05, 0.1) is 18.3 Å². The van der Waals surface area contributed by atoms with Crippen LogP contribution in [0.3, 0.4) is 0 Å². The van der Waals surface area contributed by atoms with Crippen LogP contribution in [0, 0.1) is 12.3 Å². The Morgan fingerprint density at radius 2 is 1.83 bits per heavy atom. The highest BCUT2D eigenvalue weighted by Gasteiger charge is 2.48. The molecule has 0 unspecified atom stereocenters. The minimum atomic E-state index is -0.449. The summed E-state index contributed by atoms with van der Waals surface area (Å²) in [5, 5.41) is 4.63. The van der Waals surface area contributed by atoms with Gasteiger partial charge in [0.2, 0.25) is 0 Å². The van der Waals surface area contributed by atoms with Gasteiger partial charge in [-0.2, -0.15) is 5.10 Å². The van der Waals surface area contributed by atoms with E-state index in [-0.39, 0.29) is 18.3 Å². The molecule has 36 heavy (non-hydrogen) atoms. The van der Waals surface area contributed by atoms with Crippen LogP contribution in [-0.4, -0.2) is 46.1 Å². The second kappa shape index (κ2) is 9.77. The van der Waals surface area contributed by atoms with Gasteiger partial charge in [-0.1, -0.05) is 30.3 Å². The van der Waals surface area contributed by atoms with Crippen LogP contribution >= 0.6 is 0 Å². The third-order valence-electron chi connectivity index (χ3n) is 7.52. The van der Waals surface area contributed by atoms with Crippen LogP contribution in [0.4, 0.5) is 4.79 Å². The SMILES string of the molecule is Cc1c(OCOCc2ccccc2)ccn2ncc(C3CCC4(CC3)CN(C(=O)OC(C)(C)C)C4)c12. The Kier molecular flexibility index (Phi) is 6.68. The fourth-order valence-electron chi connectivity index (χ4n) is 5.63. The lowest BCUT2D eigenvalue weighted by atomic mass is 9.65. The number of likely N-dealkylation sites (tertiary alicyclic amines) is 1. The number of carbonyl (C=O) groups excluding carboxylic acids is 1. The highest BCUT2D eigenvalue weighted by atomic mass is 16.7.